The lowest BCUT2D eigenvalue weighted by Gasteiger charge is -2.31. The third-order valence-electron chi connectivity index (χ3n) is 4.69. The van der Waals surface area contributed by atoms with Gasteiger partial charge in [0.25, 0.3) is 0 Å². The van der Waals surface area contributed by atoms with Gasteiger partial charge in [0, 0.05) is 61.3 Å². The number of carbonyl (C=O) groups excluding carboxylic acids is 1. The number of piperidine rings is 1. The quantitative estimate of drug-likeness (QED) is 0.333. The van der Waals surface area contributed by atoms with E-state index in [9.17, 15) is 4.79 Å². The average molecular weight is 504 g/mol. The molecule has 0 radical (unpaired) electrons. The van der Waals surface area contributed by atoms with Gasteiger partial charge in [0.1, 0.15) is 0 Å². The van der Waals surface area contributed by atoms with E-state index in [4.69, 9.17) is 16.6 Å². The third-order valence-corrected chi connectivity index (χ3v) is 4.93. The van der Waals surface area contributed by atoms with Crippen LogP contribution in [0.2, 0.25) is 5.02 Å². The van der Waals surface area contributed by atoms with E-state index < -0.39 is 0 Å². The molecule has 1 amide bonds. The molecule has 0 spiro atoms. The number of guanidine groups is 1. The van der Waals surface area contributed by atoms with E-state index in [1.54, 1.807) is 4.90 Å². The summed E-state index contributed by atoms with van der Waals surface area (Å²) < 4.78 is 0. The van der Waals surface area contributed by atoms with E-state index in [0.29, 0.717) is 19.5 Å². The van der Waals surface area contributed by atoms with Crippen LogP contribution in [0.4, 0.5) is 0 Å². The van der Waals surface area contributed by atoms with Crippen LogP contribution in [-0.4, -0.2) is 54.5 Å². The van der Waals surface area contributed by atoms with Crippen molar-refractivity contribution >= 4 is 58.3 Å². The smallest absolute Gasteiger partial charge is 0.222 e. The number of hydrogen-bond acceptors (Lipinski definition) is 2. The fourth-order valence-corrected chi connectivity index (χ4v) is 3.46. The first-order valence-corrected chi connectivity index (χ1v) is 9.49. The Hall–Kier alpha value is -1.48. The second-order valence-corrected chi connectivity index (χ2v) is 7.11. The van der Waals surface area contributed by atoms with Crippen LogP contribution in [0.15, 0.2) is 29.4 Å². The molecular formula is C19H27ClIN5O. The van der Waals surface area contributed by atoms with Gasteiger partial charge in [-0.2, -0.15) is 0 Å². The Morgan fingerprint density at radius 3 is 3.00 bits per heavy atom. The summed E-state index contributed by atoms with van der Waals surface area (Å²) >= 11 is 6.11. The summed E-state index contributed by atoms with van der Waals surface area (Å²) in [5.74, 6) is 1.01. The van der Waals surface area contributed by atoms with Gasteiger partial charge in [0.05, 0.1) is 0 Å². The first-order chi connectivity index (χ1) is 12.6. The number of hydrogen-bond donors (Lipinski definition) is 3. The summed E-state index contributed by atoms with van der Waals surface area (Å²) in [5.41, 5.74) is 2.30. The number of rotatable bonds is 5. The number of fused-ring (bicyclic) bond motifs is 1. The lowest BCUT2D eigenvalue weighted by atomic mass is 10.1. The summed E-state index contributed by atoms with van der Waals surface area (Å²) in [5, 5.41) is 8.63. The molecule has 1 aromatic carbocycles. The van der Waals surface area contributed by atoms with E-state index in [1.807, 2.05) is 31.4 Å². The lowest BCUT2D eigenvalue weighted by Crippen LogP contribution is -2.51. The minimum absolute atomic E-state index is 0. The van der Waals surface area contributed by atoms with Gasteiger partial charge >= 0.3 is 0 Å². The SMILES string of the molecule is CCNC(=NCCc1c[nH]c2ccc(Cl)cc12)NC1CCC(=O)N(C)C1.I. The summed E-state index contributed by atoms with van der Waals surface area (Å²) in [7, 11) is 1.85. The van der Waals surface area contributed by atoms with Gasteiger partial charge in [0.15, 0.2) is 5.96 Å². The first kappa shape index (κ1) is 21.8. The van der Waals surface area contributed by atoms with Crippen LogP contribution in [0.3, 0.4) is 0 Å². The van der Waals surface area contributed by atoms with Crippen molar-refractivity contribution in [1.29, 1.82) is 0 Å². The van der Waals surface area contributed by atoms with E-state index in [2.05, 4.69) is 22.5 Å². The molecule has 27 heavy (non-hydrogen) atoms. The third kappa shape index (κ3) is 5.75. The van der Waals surface area contributed by atoms with Crippen molar-refractivity contribution in [1.82, 2.24) is 20.5 Å². The van der Waals surface area contributed by atoms with Crippen LogP contribution < -0.4 is 10.6 Å². The Bertz CT molecular complexity index is 806. The van der Waals surface area contributed by atoms with Gasteiger partial charge in [-0.05, 0) is 43.5 Å². The van der Waals surface area contributed by atoms with E-state index >= 15 is 0 Å². The standard InChI is InChI=1S/C19H26ClN5O.HI/c1-3-21-19(24-15-5-7-18(26)25(2)12-15)22-9-8-13-11-23-17-6-4-14(20)10-16(13)17;/h4,6,10-11,15,23H,3,5,7-9,12H2,1-2H3,(H2,21,22,24);1H. The molecule has 148 valence electrons. The Morgan fingerprint density at radius 1 is 1.44 bits per heavy atom. The van der Waals surface area contributed by atoms with Crippen LogP contribution in [0, 0.1) is 0 Å². The van der Waals surface area contributed by atoms with Crippen molar-refractivity contribution in [2.75, 3.05) is 26.7 Å². The van der Waals surface area contributed by atoms with E-state index in [1.165, 1.54) is 5.56 Å². The molecule has 2 aromatic rings. The van der Waals surface area contributed by atoms with Crippen LogP contribution >= 0.6 is 35.6 Å². The molecule has 1 aliphatic heterocycles. The number of nitrogens with zero attached hydrogens (tertiary/aromatic N) is 2. The highest BCUT2D eigenvalue weighted by molar-refractivity contribution is 14.0. The number of benzene rings is 1. The molecule has 0 bridgehead atoms. The number of aromatic nitrogens is 1. The zero-order valence-electron chi connectivity index (χ0n) is 15.7. The average Bonchev–Trinajstić information content (AvgIpc) is 3.00. The normalized spacial score (nSPS) is 17.7. The zero-order valence-corrected chi connectivity index (χ0v) is 18.8. The molecular weight excluding hydrogens is 477 g/mol. The maximum atomic E-state index is 11.6. The number of aromatic amines is 1. The van der Waals surface area contributed by atoms with E-state index in [-0.39, 0.29) is 35.9 Å². The zero-order chi connectivity index (χ0) is 18.5. The number of aliphatic imine (C=N–C) groups is 1. The molecule has 3 N–H and O–H groups in total. The van der Waals surface area contributed by atoms with Gasteiger partial charge in [-0.3, -0.25) is 9.79 Å². The van der Waals surface area contributed by atoms with Crippen LogP contribution in [0.5, 0.6) is 0 Å². The van der Waals surface area contributed by atoms with Crippen molar-refractivity contribution in [2.24, 2.45) is 4.99 Å². The second-order valence-electron chi connectivity index (χ2n) is 6.67. The lowest BCUT2D eigenvalue weighted by molar-refractivity contribution is -0.132. The number of carbonyl (C=O) groups is 1. The molecule has 2 heterocycles. The van der Waals surface area contributed by atoms with Gasteiger partial charge in [-0.1, -0.05) is 11.6 Å². The van der Waals surface area contributed by atoms with Crippen LogP contribution in [0.1, 0.15) is 25.3 Å². The maximum absolute atomic E-state index is 11.6. The largest absolute Gasteiger partial charge is 0.361 e. The molecule has 0 aliphatic carbocycles. The number of likely N-dealkylation sites (tertiary alicyclic amines) is 1. The number of nitrogens with one attached hydrogen (secondary N) is 3. The predicted molar refractivity (Wildman–Crippen MR) is 122 cm³/mol. The maximum Gasteiger partial charge on any atom is 0.222 e. The van der Waals surface area contributed by atoms with Crippen LogP contribution in [0.25, 0.3) is 10.9 Å². The number of halogens is 2. The molecule has 1 aliphatic rings. The number of amides is 1. The van der Waals surface area contributed by atoms with E-state index in [0.717, 1.165) is 41.3 Å². The Balaban J connectivity index is 0.00000261. The first-order valence-electron chi connectivity index (χ1n) is 9.11. The summed E-state index contributed by atoms with van der Waals surface area (Å²) in [4.78, 5) is 21.4. The Kier molecular flexibility index (Phi) is 8.22. The second kappa shape index (κ2) is 10.2. The Labute approximate surface area is 182 Å². The van der Waals surface area contributed by atoms with Gasteiger partial charge < -0.3 is 20.5 Å². The topological polar surface area (TPSA) is 72.5 Å². The van der Waals surface area contributed by atoms with Gasteiger partial charge in [0.2, 0.25) is 5.91 Å². The van der Waals surface area contributed by atoms with Crippen molar-refractivity contribution in [3.63, 3.8) is 0 Å². The summed E-state index contributed by atoms with van der Waals surface area (Å²) in [6, 6.07) is 6.12. The molecule has 8 heteroatoms. The number of likely N-dealkylation sites (N-methyl/N-ethyl adjacent to an activating group) is 1. The van der Waals surface area contributed by atoms with Crippen molar-refractivity contribution < 1.29 is 4.79 Å². The minimum atomic E-state index is 0. The summed E-state index contributed by atoms with van der Waals surface area (Å²) in [6.45, 7) is 4.24. The summed E-state index contributed by atoms with van der Waals surface area (Å²) in [6.07, 6.45) is 4.29. The molecule has 6 nitrogen and oxygen atoms in total. The van der Waals surface area contributed by atoms with Crippen molar-refractivity contribution in [3.8, 4) is 0 Å². The van der Waals surface area contributed by atoms with Crippen LogP contribution in [-0.2, 0) is 11.2 Å². The molecule has 3 rings (SSSR count). The number of H-pyrrole nitrogens is 1. The highest BCUT2D eigenvalue weighted by Gasteiger charge is 2.23. The highest BCUT2D eigenvalue weighted by Crippen LogP contribution is 2.22. The molecule has 0 saturated carbocycles. The van der Waals surface area contributed by atoms with Gasteiger partial charge in [-0.15, -0.1) is 24.0 Å². The molecule has 1 atom stereocenters. The fraction of sp³-hybridized carbons (Fsp3) is 0.474. The highest BCUT2D eigenvalue weighted by atomic mass is 127. The fourth-order valence-electron chi connectivity index (χ4n) is 3.29. The molecule has 1 aromatic heterocycles. The molecule has 1 saturated heterocycles. The Morgan fingerprint density at radius 2 is 2.26 bits per heavy atom. The van der Waals surface area contributed by atoms with Gasteiger partial charge in [-0.25, -0.2) is 0 Å². The molecule has 1 unspecified atom stereocenters. The predicted octanol–water partition coefficient (Wildman–Crippen LogP) is 3.16. The van der Waals surface area contributed by atoms with Crippen molar-refractivity contribution in [3.05, 3.63) is 35.0 Å². The van der Waals surface area contributed by atoms with Crippen molar-refractivity contribution in [2.45, 2.75) is 32.2 Å². The minimum Gasteiger partial charge on any atom is -0.361 e. The molecule has 1 fully saturated rings. The monoisotopic (exact) mass is 503 g/mol.